The summed E-state index contributed by atoms with van der Waals surface area (Å²) in [6.07, 6.45) is 14.7. The molecule has 0 heterocycles. The first kappa shape index (κ1) is 17.6. The van der Waals surface area contributed by atoms with Crippen LogP contribution in [0.1, 0.15) is 75.0 Å². The molecule has 0 amide bonds. The Labute approximate surface area is 158 Å². The zero-order valence-electron chi connectivity index (χ0n) is 16.3. The topological polar surface area (TPSA) is 0 Å². The van der Waals surface area contributed by atoms with E-state index in [1.807, 2.05) is 0 Å². The zero-order valence-corrected chi connectivity index (χ0v) is 16.3. The molecule has 1 aliphatic carbocycles. The van der Waals surface area contributed by atoms with Gasteiger partial charge in [-0.1, -0.05) is 75.4 Å². The van der Waals surface area contributed by atoms with Crippen molar-refractivity contribution in [1.82, 2.24) is 0 Å². The van der Waals surface area contributed by atoms with Gasteiger partial charge in [0.25, 0.3) is 0 Å². The molecule has 0 aliphatic heterocycles. The van der Waals surface area contributed by atoms with Gasteiger partial charge in [-0.25, -0.2) is 0 Å². The Morgan fingerprint density at radius 1 is 0.692 bits per heavy atom. The summed E-state index contributed by atoms with van der Waals surface area (Å²) in [5.74, 6) is 0. The highest BCUT2D eigenvalue weighted by Crippen LogP contribution is 2.34. The molecule has 1 aliphatic rings. The molecule has 136 valence electrons. The average molecular weight is 345 g/mol. The van der Waals surface area contributed by atoms with E-state index in [4.69, 9.17) is 0 Å². The van der Waals surface area contributed by atoms with E-state index in [-0.39, 0.29) is 0 Å². The first-order valence-electron chi connectivity index (χ1n) is 10.8. The van der Waals surface area contributed by atoms with Crippen LogP contribution in [0.25, 0.3) is 21.5 Å². The van der Waals surface area contributed by atoms with E-state index in [1.165, 1.54) is 92.2 Å². The maximum absolute atomic E-state index is 2.54. The van der Waals surface area contributed by atoms with Crippen LogP contribution in [0.15, 0.2) is 42.5 Å². The molecular formula is C26H32. The normalized spacial score (nSPS) is 14.0. The van der Waals surface area contributed by atoms with E-state index < -0.39 is 0 Å². The van der Waals surface area contributed by atoms with Gasteiger partial charge in [0.05, 0.1) is 0 Å². The molecule has 0 fully saturated rings. The fraction of sp³-hybridized carbons (Fsp3) is 0.462. The quantitative estimate of drug-likeness (QED) is 0.303. The summed E-state index contributed by atoms with van der Waals surface area (Å²) in [5, 5.41) is 5.88. The Bertz CT molecular complexity index is 887. The molecule has 26 heavy (non-hydrogen) atoms. The predicted octanol–water partition coefficient (Wildman–Crippen LogP) is 7.77. The molecule has 0 aromatic heterocycles. The number of benzene rings is 3. The van der Waals surface area contributed by atoms with Gasteiger partial charge in [-0.15, -0.1) is 0 Å². The van der Waals surface area contributed by atoms with Gasteiger partial charge in [0, 0.05) is 0 Å². The maximum atomic E-state index is 2.54. The van der Waals surface area contributed by atoms with E-state index in [0.717, 1.165) is 0 Å². The van der Waals surface area contributed by atoms with Crippen LogP contribution < -0.4 is 0 Å². The lowest BCUT2D eigenvalue weighted by molar-refractivity contribution is 0.609. The fourth-order valence-corrected chi connectivity index (χ4v) is 4.75. The summed E-state index contributed by atoms with van der Waals surface area (Å²) >= 11 is 0. The number of unbranched alkanes of at least 4 members (excludes halogenated alkanes) is 5. The molecule has 3 aromatic rings. The minimum Gasteiger partial charge on any atom is -0.0654 e. The number of fused-ring (bicyclic) bond motifs is 3. The van der Waals surface area contributed by atoms with Crippen molar-refractivity contribution in [2.45, 2.75) is 77.6 Å². The molecule has 0 unspecified atom stereocenters. The van der Waals surface area contributed by atoms with Gasteiger partial charge in [0.15, 0.2) is 0 Å². The van der Waals surface area contributed by atoms with Crippen molar-refractivity contribution in [2.75, 3.05) is 0 Å². The Morgan fingerprint density at radius 2 is 1.42 bits per heavy atom. The third-order valence-corrected chi connectivity index (χ3v) is 6.22. The van der Waals surface area contributed by atoms with Crippen molar-refractivity contribution in [3.63, 3.8) is 0 Å². The van der Waals surface area contributed by atoms with E-state index >= 15 is 0 Å². The summed E-state index contributed by atoms with van der Waals surface area (Å²) in [6.45, 7) is 2.29. The first-order chi connectivity index (χ1) is 12.9. The van der Waals surface area contributed by atoms with Crippen LogP contribution in [0.3, 0.4) is 0 Å². The molecule has 0 N–H and O–H groups in total. The smallest absolute Gasteiger partial charge is 0.0143 e. The minimum absolute atomic E-state index is 1.22. The van der Waals surface area contributed by atoms with Crippen molar-refractivity contribution in [2.24, 2.45) is 0 Å². The lowest BCUT2D eigenvalue weighted by atomic mass is 9.86. The molecule has 0 saturated heterocycles. The highest BCUT2D eigenvalue weighted by molar-refractivity contribution is 6.02. The lowest BCUT2D eigenvalue weighted by Gasteiger charge is -2.19. The molecule has 0 bridgehead atoms. The van der Waals surface area contributed by atoms with Crippen molar-refractivity contribution in [3.05, 3.63) is 59.2 Å². The highest BCUT2D eigenvalue weighted by atomic mass is 14.2. The average Bonchev–Trinajstić information content (AvgIpc) is 2.68. The second-order valence-corrected chi connectivity index (χ2v) is 8.14. The van der Waals surface area contributed by atoms with Crippen molar-refractivity contribution in [1.29, 1.82) is 0 Å². The van der Waals surface area contributed by atoms with Gasteiger partial charge in [-0.05, 0) is 82.8 Å². The van der Waals surface area contributed by atoms with Crippen LogP contribution in [-0.2, 0) is 19.3 Å². The van der Waals surface area contributed by atoms with Gasteiger partial charge in [0.1, 0.15) is 0 Å². The highest BCUT2D eigenvalue weighted by Gasteiger charge is 2.14. The molecule has 4 rings (SSSR count). The lowest BCUT2D eigenvalue weighted by Crippen LogP contribution is -2.03. The molecule has 0 nitrogen and oxygen atoms in total. The molecule has 0 spiro atoms. The predicted molar refractivity (Wildman–Crippen MR) is 115 cm³/mol. The molecule has 3 aromatic carbocycles. The first-order valence-corrected chi connectivity index (χ1v) is 10.8. The third-order valence-electron chi connectivity index (χ3n) is 6.22. The van der Waals surface area contributed by atoms with Crippen molar-refractivity contribution in [3.8, 4) is 0 Å². The summed E-state index contributed by atoms with van der Waals surface area (Å²) in [5.41, 5.74) is 4.81. The summed E-state index contributed by atoms with van der Waals surface area (Å²) < 4.78 is 0. The number of aryl methyl sites for hydroxylation is 3. The van der Waals surface area contributed by atoms with Gasteiger partial charge in [-0.2, -0.15) is 0 Å². The van der Waals surface area contributed by atoms with Crippen LogP contribution in [0.4, 0.5) is 0 Å². The molecule has 0 saturated carbocycles. The standard InChI is InChI=1S/C26H32/c1-2-3-4-5-6-7-16-25-24-15-11-10-14-22(24)18-23-17-20-12-8-9-13-21(20)19-26(23)25/h10-11,14-15,17-19H,2-9,12-13,16H2,1H3. The van der Waals surface area contributed by atoms with E-state index in [1.54, 1.807) is 16.7 Å². The van der Waals surface area contributed by atoms with Crippen molar-refractivity contribution >= 4 is 21.5 Å². The van der Waals surface area contributed by atoms with Gasteiger partial charge >= 0.3 is 0 Å². The largest absolute Gasteiger partial charge is 0.0654 e. The van der Waals surface area contributed by atoms with E-state index in [9.17, 15) is 0 Å². The SMILES string of the molecule is CCCCCCCCc1c2ccccc2cc2cc3c(cc12)CCCC3. The Morgan fingerprint density at radius 3 is 2.27 bits per heavy atom. The van der Waals surface area contributed by atoms with Crippen LogP contribution in [0, 0.1) is 0 Å². The van der Waals surface area contributed by atoms with Crippen LogP contribution in [0.2, 0.25) is 0 Å². The molecule has 0 atom stereocenters. The number of rotatable bonds is 7. The number of hydrogen-bond acceptors (Lipinski definition) is 0. The number of hydrogen-bond donors (Lipinski definition) is 0. The third kappa shape index (κ3) is 3.65. The molecule has 0 heteroatoms. The summed E-state index contributed by atoms with van der Waals surface area (Å²) in [7, 11) is 0. The van der Waals surface area contributed by atoms with E-state index in [2.05, 4.69) is 49.4 Å². The van der Waals surface area contributed by atoms with Crippen LogP contribution in [-0.4, -0.2) is 0 Å². The monoisotopic (exact) mass is 344 g/mol. The van der Waals surface area contributed by atoms with Crippen LogP contribution in [0.5, 0.6) is 0 Å². The maximum Gasteiger partial charge on any atom is -0.0143 e. The Hall–Kier alpha value is -1.82. The van der Waals surface area contributed by atoms with E-state index in [0.29, 0.717) is 0 Å². The van der Waals surface area contributed by atoms with Gasteiger partial charge in [-0.3, -0.25) is 0 Å². The Balaban J connectivity index is 1.69. The summed E-state index contributed by atoms with van der Waals surface area (Å²) in [4.78, 5) is 0. The second kappa shape index (κ2) is 8.25. The van der Waals surface area contributed by atoms with Crippen molar-refractivity contribution < 1.29 is 0 Å². The van der Waals surface area contributed by atoms with Gasteiger partial charge in [0.2, 0.25) is 0 Å². The van der Waals surface area contributed by atoms with Gasteiger partial charge < -0.3 is 0 Å². The molecule has 0 radical (unpaired) electrons. The molecular weight excluding hydrogens is 312 g/mol. The van der Waals surface area contributed by atoms with Crippen LogP contribution >= 0.6 is 0 Å². The second-order valence-electron chi connectivity index (χ2n) is 8.14. The minimum atomic E-state index is 1.22. The Kier molecular flexibility index (Phi) is 5.58. The zero-order chi connectivity index (χ0) is 17.8. The summed E-state index contributed by atoms with van der Waals surface area (Å²) in [6, 6.07) is 16.5. The fourth-order valence-electron chi connectivity index (χ4n) is 4.75.